The van der Waals surface area contributed by atoms with Crippen molar-refractivity contribution in [1.29, 1.82) is 0 Å². The van der Waals surface area contributed by atoms with E-state index in [4.69, 9.17) is 4.42 Å². The molecule has 0 saturated carbocycles. The van der Waals surface area contributed by atoms with Gasteiger partial charge in [0, 0.05) is 25.6 Å². The monoisotopic (exact) mass is 348 g/mol. The third kappa shape index (κ3) is 3.59. The minimum atomic E-state index is -0.0403. The smallest absolute Gasteiger partial charge is 0.247 e. The first kappa shape index (κ1) is 16.3. The van der Waals surface area contributed by atoms with E-state index in [0.29, 0.717) is 18.8 Å². The van der Waals surface area contributed by atoms with Gasteiger partial charge in [-0.05, 0) is 30.2 Å². The Kier molecular flexibility index (Phi) is 4.64. The molecule has 1 amide bonds. The first-order chi connectivity index (χ1) is 12.8. The van der Waals surface area contributed by atoms with Gasteiger partial charge in [0.1, 0.15) is 11.6 Å². The van der Waals surface area contributed by atoms with E-state index in [1.165, 1.54) is 5.56 Å². The number of carbonyl (C=O) groups is 1. The van der Waals surface area contributed by atoms with Gasteiger partial charge in [0.25, 0.3) is 0 Å². The van der Waals surface area contributed by atoms with E-state index in [0.717, 1.165) is 31.0 Å². The lowest BCUT2D eigenvalue weighted by molar-refractivity contribution is -0.127. The van der Waals surface area contributed by atoms with Gasteiger partial charge in [-0.1, -0.05) is 30.3 Å². The molecule has 3 heterocycles. The van der Waals surface area contributed by atoms with Crippen LogP contribution in [0.25, 0.3) is 6.08 Å². The summed E-state index contributed by atoms with van der Waals surface area (Å²) in [5.74, 6) is 2.46. The van der Waals surface area contributed by atoms with Crippen molar-refractivity contribution >= 4 is 12.0 Å². The van der Waals surface area contributed by atoms with E-state index in [2.05, 4.69) is 26.9 Å². The molecule has 0 radical (unpaired) electrons. The molecule has 0 atom stereocenters. The van der Waals surface area contributed by atoms with Gasteiger partial charge in [0.15, 0.2) is 5.82 Å². The summed E-state index contributed by atoms with van der Waals surface area (Å²) in [6.07, 6.45) is 6.61. The molecule has 0 spiro atoms. The number of benzene rings is 1. The minimum absolute atomic E-state index is 0.0403. The summed E-state index contributed by atoms with van der Waals surface area (Å²) in [6, 6.07) is 14.0. The highest BCUT2D eigenvalue weighted by Gasteiger charge is 2.23. The van der Waals surface area contributed by atoms with E-state index in [9.17, 15) is 4.79 Å². The number of aryl methyl sites for hydroxylation is 2. The molecule has 6 nitrogen and oxygen atoms in total. The first-order valence-electron chi connectivity index (χ1n) is 8.75. The number of furan rings is 1. The van der Waals surface area contributed by atoms with Crippen molar-refractivity contribution < 1.29 is 9.21 Å². The maximum Gasteiger partial charge on any atom is 0.247 e. The van der Waals surface area contributed by atoms with Crippen LogP contribution in [0.4, 0.5) is 0 Å². The minimum Gasteiger partial charge on any atom is -0.465 e. The molecule has 0 aliphatic carbocycles. The van der Waals surface area contributed by atoms with Crippen LogP contribution in [0.3, 0.4) is 0 Å². The van der Waals surface area contributed by atoms with Gasteiger partial charge in [-0.3, -0.25) is 4.79 Å². The van der Waals surface area contributed by atoms with E-state index >= 15 is 0 Å². The fourth-order valence-corrected chi connectivity index (χ4v) is 3.14. The van der Waals surface area contributed by atoms with Crippen molar-refractivity contribution in [3.8, 4) is 0 Å². The van der Waals surface area contributed by atoms with Gasteiger partial charge in [-0.25, -0.2) is 0 Å². The molecule has 0 saturated heterocycles. The van der Waals surface area contributed by atoms with Gasteiger partial charge >= 0.3 is 0 Å². The Bertz CT molecular complexity index is 897. The Morgan fingerprint density at radius 2 is 1.96 bits per heavy atom. The first-order valence-corrected chi connectivity index (χ1v) is 8.75. The third-order valence-electron chi connectivity index (χ3n) is 4.55. The van der Waals surface area contributed by atoms with Crippen molar-refractivity contribution in [2.24, 2.45) is 0 Å². The standard InChI is InChI=1S/C20H20N4O2/c25-20(11-9-17-7-4-14-26-17)23-12-13-24-18(21-22-19(24)15-23)10-8-16-5-2-1-3-6-16/h1-7,9,11,14H,8,10,12-13,15H2/b11-9-. The highest BCUT2D eigenvalue weighted by Crippen LogP contribution is 2.15. The van der Waals surface area contributed by atoms with Crippen molar-refractivity contribution in [1.82, 2.24) is 19.7 Å². The number of carbonyl (C=O) groups excluding carboxylic acids is 1. The number of rotatable bonds is 5. The molecular weight excluding hydrogens is 328 g/mol. The van der Waals surface area contributed by atoms with Gasteiger partial charge in [0.05, 0.1) is 12.8 Å². The van der Waals surface area contributed by atoms with Crippen LogP contribution in [0.15, 0.2) is 59.2 Å². The molecule has 1 aromatic carbocycles. The molecule has 0 bridgehead atoms. The number of aromatic nitrogens is 3. The summed E-state index contributed by atoms with van der Waals surface area (Å²) < 4.78 is 7.35. The average Bonchev–Trinajstić information content (AvgIpc) is 3.34. The van der Waals surface area contributed by atoms with Gasteiger partial charge < -0.3 is 13.9 Å². The lowest BCUT2D eigenvalue weighted by atomic mass is 10.1. The molecule has 1 aliphatic heterocycles. The van der Waals surface area contributed by atoms with Gasteiger partial charge in [0.2, 0.25) is 5.91 Å². The van der Waals surface area contributed by atoms with Crippen LogP contribution in [-0.2, 0) is 30.7 Å². The molecule has 3 aromatic rings. The predicted octanol–water partition coefficient (Wildman–Crippen LogP) is 2.71. The highest BCUT2D eigenvalue weighted by atomic mass is 16.3. The second kappa shape index (κ2) is 7.39. The zero-order valence-electron chi connectivity index (χ0n) is 14.4. The van der Waals surface area contributed by atoms with Crippen molar-refractivity contribution in [2.45, 2.75) is 25.9 Å². The Labute approximate surface area is 151 Å². The van der Waals surface area contributed by atoms with Crippen LogP contribution >= 0.6 is 0 Å². The summed E-state index contributed by atoms with van der Waals surface area (Å²) >= 11 is 0. The Balaban J connectivity index is 1.39. The van der Waals surface area contributed by atoms with E-state index in [-0.39, 0.29) is 5.91 Å². The molecule has 0 unspecified atom stereocenters. The average molecular weight is 348 g/mol. The molecule has 2 aromatic heterocycles. The zero-order valence-corrected chi connectivity index (χ0v) is 14.4. The fraction of sp³-hybridized carbons (Fsp3) is 0.250. The van der Waals surface area contributed by atoms with E-state index in [1.54, 1.807) is 29.4 Å². The molecule has 6 heteroatoms. The summed E-state index contributed by atoms with van der Waals surface area (Å²) in [5, 5.41) is 8.62. The molecule has 132 valence electrons. The van der Waals surface area contributed by atoms with Crippen molar-refractivity contribution in [3.05, 3.63) is 77.8 Å². The second-order valence-electron chi connectivity index (χ2n) is 6.28. The van der Waals surface area contributed by atoms with Gasteiger partial charge in [-0.15, -0.1) is 10.2 Å². The maximum atomic E-state index is 12.4. The van der Waals surface area contributed by atoms with Crippen LogP contribution in [0, 0.1) is 0 Å². The van der Waals surface area contributed by atoms with Gasteiger partial charge in [-0.2, -0.15) is 0 Å². The number of hydrogen-bond acceptors (Lipinski definition) is 4. The topological polar surface area (TPSA) is 64.2 Å². The third-order valence-corrected chi connectivity index (χ3v) is 4.55. The van der Waals surface area contributed by atoms with Crippen LogP contribution in [0.2, 0.25) is 0 Å². The molecule has 26 heavy (non-hydrogen) atoms. The summed E-state index contributed by atoms with van der Waals surface area (Å²) in [5.41, 5.74) is 1.29. The number of hydrogen-bond donors (Lipinski definition) is 0. The van der Waals surface area contributed by atoms with Crippen molar-refractivity contribution in [3.63, 3.8) is 0 Å². The SMILES string of the molecule is O=C(/C=C\c1ccco1)N1CCn2c(CCc3ccccc3)nnc2C1. The maximum absolute atomic E-state index is 12.4. The molecule has 1 aliphatic rings. The zero-order chi connectivity index (χ0) is 17.8. The largest absolute Gasteiger partial charge is 0.465 e. The Morgan fingerprint density at radius 1 is 1.08 bits per heavy atom. The number of fused-ring (bicyclic) bond motifs is 1. The lowest BCUT2D eigenvalue weighted by Crippen LogP contribution is -2.37. The molecular formula is C20H20N4O2. The number of amides is 1. The lowest BCUT2D eigenvalue weighted by Gasteiger charge is -2.26. The summed E-state index contributed by atoms with van der Waals surface area (Å²) in [6.45, 7) is 1.87. The van der Waals surface area contributed by atoms with Crippen LogP contribution in [0.5, 0.6) is 0 Å². The molecule has 0 N–H and O–H groups in total. The van der Waals surface area contributed by atoms with E-state index in [1.807, 2.05) is 24.3 Å². The predicted molar refractivity (Wildman–Crippen MR) is 97.0 cm³/mol. The Morgan fingerprint density at radius 3 is 2.77 bits per heavy atom. The van der Waals surface area contributed by atoms with Crippen molar-refractivity contribution in [2.75, 3.05) is 6.54 Å². The fourth-order valence-electron chi connectivity index (χ4n) is 3.14. The number of nitrogens with zero attached hydrogens (tertiary/aromatic N) is 4. The second-order valence-corrected chi connectivity index (χ2v) is 6.28. The van der Waals surface area contributed by atoms with Crippen LogP contribution in [0.1, 0.15) is 23.0 Å². The normalized spacial score (nSPS) is 13.9. The molecule has 0 fully saturated rings. The molecule has 4 rings (SSSR count). The summed E-state index contributed by atoms with van der Waals surface area (Å²) in [4.78, 5) is 14.1. The highest BCUT2D eigenvalue weighted by molar-refractivity contribution is 5.91. The van der Waals surface area contributed by atoms with Crippen LogP contribution in [-0.4, -0.2) is 32.1 Å². The quantitative estimate of drug-likeness (QED) is 0.665. The summed E-state index contributed by atoms with van der Waals surface area (Å²) in [7, 11) is 0. The van der Waals surface area contributed by atoms with E-state index < -0.39 is 0 Å². The Hall–Kier alpha value is -3.15. The van der Waals surface area contributed by atoms with Crippen LogP contribution < -0.4 is 0 Å².